The molecule has 0 radical (unpaired) electrons. The van der Waals surface area contributed by atoms with Crippen LogP contribution in [0.15, 0.2) is 30.6 Å². The minimum atomic E-state index is -0.823. The first kappa shape index (κ1) is 18.3. The minimum Gasteiger partial charge on any atom is -0.321 e. The molecule has 0 saturated carbocycles. The lowest BCUT2D eigenvalue weighted by Crippen LogP contribution is -2.34. The summed E-state index contributed by atoms with van der Waals surface area (Å²) in [5.74, 6) is -2.78. The fourth-order valence-corrected chi connectivity index (χ4v) is 2.26. The molecule has 0 bridgehead atoms. The summed E-state index contributed by atoms with van der Waals surface area (Å²) in [4.78, 5) is 50.6. The van der Waals surface area contributed by atoms with E-state index in [9.17, 15) is 19.2 Å². The van der Waals surface area contributed by atoms with E-state index in [-0.39, 0.29) is 17.9 Å². The maximum absolute atomic E-state index is 12.3. The van der Waals surface area contributed by atoms with Gasteiger partial charge in [-0.1, -0.05) is 23.7 Å². The van der Waals surface area contributed by atoms with E-state index in [1.54, 1.807) is 24.3 Å². The van der Waals surface area contributed by atoms with E-state index < -0.39 is 23.6 Å². The average Bonchev–Trinajstić information content (AvgIpc) is 2.92. The Kier molecular flexibility index (Phi) is 5.66. The lowest BCUT2D eigenvalue weighted by atomic mass is 10.2. The second-order valence-electron chi connectivity index (χ2n) is 5.22. The van der Waals surface area contributed by atoms with E-state index in [1.807, 2.05) is 0 Å². The largest absolute Gasteiger partial charge is 0.321 e. The van der Waals surface area contributed by atoms with Crippen LogP contribution in [0, 0.1) is 0 Å². The zero-order valence-electron chi connectivity index (χ0n) is 13.5. The van der Waals surface area contributed by atoms with Crippen molar-refractivity contribution in [1.82, 2.24) is 20.2 Å². The van der Waals surface area contributed by atoms with Crippen LogP contribution in [0.4, 0.5) is 0 Å². The number of imidazole rings is 1. The number of imide groups is 2. The highest BCUT2D eigenvalue weighted by Gasteiger charge is 2.25. The van der Waals surface area contributed by atoms with Gasteiger partial charge in [0.05, 0.1) is 6.33 Å². The number of rotatable bonds is 4. The molecule has 1 heterocycles. The summed E-state index contributed by atoms with van der Waals surface area (Å²) in [7, 11) is 0. The van der Waals surface area contributed by atoms with Crippen LogP contribution in [0.25, 0.3) is 0 Å². The molecule has 25 heavy (non-hydrogen) atoms. The molecule has 0 aliphatic carbocycles. The molecule has 130 valence electrons. The van der Waals surface area contributed by atoms with Gasteiger partial charge >= 0.3 is 0 Å². The highest BCUT2D eigenvalue weighted by atomic mass is 35.5. The van der Waals surface area contributed by atoms with E-state index in [0.29, 0.717) is 5.02 Å². The van der Waals surface area contributed by atoms with Crippen molar-refractivity contribution in [3.8, 4) is 0 Å². The molecule has 0 unspecified atom stereocenters. The predicted octanol–water partition coefficient (Wildman–Crippen LogP) is 1.14. The Morgan fingerprint density at radius 1 is 1.00 bits per heavy atom. The van der Waals surface area contributed by atoms with Gasteiger partial charge in [-0.25, -0.2) is 4.98 Å². The molecule has 0 fully saturated rings. The number of hydrogen-bond acceptors (Lipinski definition) is 5. The Morgan fingerprint density at radius 2 is 1.56 bits per heavy atom. The Bertz CT molecular complexity index is 842. The number of halogens is 1. The van der Waals surface area contributed by atoms with Crippen molar-refractivity contribution in [2.24, 2.45) is 0 Å². The minimum absolute atomic E-state index is 0.121. The molecule has 0 aliphatic heterocycles. The SMILES string of the molecule is CC(=O)NC(=O)c1ncn(Cc2ccc(Cl)cc2)c1C(=O)NC(C)=O. The van der Waals surface area contributed by atoms with Gasteiger partial charge < -0.3 is 4.57 Å². The molecule has 0 spiro atoms. The quantitative estimate of drug-likeness (QED) is 0.847. The van der Waals surface area contributed by atoms with Crippen molar-refractivity contribution < 1.29 is 19.2 Å². The van der Waals surface area contributed by atoms with Gasteiger partial charge in [-0.3, -0.25) is 29.8 Å². The highest BCUT2D eigenvalue weighted by molar-refractivity contribution is 6.30. The molecule has 4 amide bonds. The predicted molar refractivity (Wildman–Crippen MR) is 89.1 cm³/mol. The molecule has 2 rings (SSSR count). The molecule has 9 heteroatoms. The summed E-state index contributed by atoms with van der Waals surface area (Å²) in [6.07, 6.45) is 1.29. The molecule has 2 N–H and O–H groups in total. The number of amides is 4. The maximum Gasteiger partial charge on any atom is 0.278 e. The van der Waals surface area contributed by atoms with Crippen molar-refractivity contribution in [2.45, 2.75) is 20.4 Å². The van der Waals surface area contributed by atoms with Crippen LogP contribution >= 0.6 is 11.6 Å². The van der Waals surface area contributed by atoms with Gasteiger partial charge in [0.25, 0.3) is 11.8 Å². The van der Waals surface area contributed by atoms with E-state index in [1.165, 1.54) is 17.8 Å². The molecule has 2 aromatic rings. The molecule has 1 aromatic carbocycles. The fourth-order valence-electron chi connectivity index (χ4n) is 2.13. The number of nitrogens with one attached hydrogen (secondary N) is 2. The first-order valence-corrected chi connectivity index (χ1v) is 7.59. The molecular weight excluding hydrogens is 348 g/mol. The summed E-state index contributed by atoms with van der Waals surface area (Å²) in [5, 5.41) is 4.72. The number of carbonyl (C=O) groups is 4. The number of carbonyl (C=O) groups excluding carboxylic acids is 4. The third kappa shape index (κ3) is 4.74. The monoisotopic (exact) mass is 362 g/mol. The van der Waals surface area contributed by atoms with Crippen molar-refractivity contribution in [3.63, 3.8) is 0 Å². The fraction of sp³-hybridized carbons (Fsp3) is 0.188. The topological polar surface area (TPSA) is 110 Å². The molecule has 0 aliphatic rings. The van der Waals surface area contributed by atoms with Gasteiger partial charge in [-0.2, -0.15) is 0 Å². The van der Waals surface area contributed by atoms with E-state index in [2.05, 4.69) is 15.6 Å². The van der Waals surface area contributed by atoms with E-state index >= 15 is 0 Å². The van der Waals surface area contributed by atoms with Crippen LogP contribution in [0.5, 0.6) is 0 Å². The number of benzene rings is 1. The van der Waals surface area contributed by atoms with Crippen LogP contribution in [0.3, 0.4) is 0 Å². The standard InChI is InChI=1S/C16H15ClN4O4/c1-9(22)19-15(24)13-14(16(25)20-10(2)23)21(8-18-13)7-11-3-5-12(17)6-4-11/h3-6,8H,7H2,1-2H3,(H,19,22,24)(H,20,23,25). The Hall–Kier alpha value is -3.00. The normalized spacial score (nSPS) is 10.2. The summed E-state index contributed by atoms with van der Waals surface area (Å²) in [5.41, 5.74) is 0.434. The third-order valence-corrected chi connectivity index (χ3v) is 3.37. The van der Waals surface area contributed by atoms with Crippen LogP contribution < -0.4 is 10.6 Å². The van der Waals surface area contributed by atoms with E-state index in [4.69, 9.17) is 11.6 Å². The van der Waals surface area contributed by atoms with Gasteiger partial charge in [0.1, 0.15) is 5.69 Å². The molecular formula is C16H15ClN4O4. The van der Waals surface area contributed by atoms with E-state index in [0.717, 1.165) is 12.5 Å². The highest BCUT2D eigenvalue weighted by Crippen LogP contribution is 2.14. The summed E-state index contributed by atoms with van der Waals surface area (Å²) in [6.45, 7) is 2.56. The second-order valence-corrected chi connectivity index (χ2v) is 5.65. The number of aromatic nitrogens is 2. The third-order valence-electron chi connectivity index (χ3n) is 3.11. The van der Waals surface area contributed by atoms with Crippen molar-refractivity contribution >= 4 is 35.2 Å². The van der Waals surface area contributed by atoms with Gasteiger partial charge in [0.15, 0.2) is 5.69 Å². The first-order chi connectivity index (χ1) is 11.8. The van der Waals surface area contributed by atoms with Gasteiger partial charge in [-0.05, 0) is 17.7 Å². The Balaban J connectivity index is 2.41. The lowest BCUT2D eigenvalue weighted by Gasteiger charge is -2.09. The van der Waals surface area contributed by atoms with Crippen molar-refractivity contribution in [2.75, 3.05) is 0 Å². The zero-order valence-corrected chi connectivity index (χ0v) is 14.3. The Labute approximate surface area is 148 Å². The summed E-state index contributed by atoms with van der Waals surface area (Å²) in [6, 6.07) is 6.88. The lowest BCUT2D eigenvalue weighted by molar-refractivity contribution is -0.119. The van der Waals surface area contributed by atoms with Crippen LogP contribution in [0.1, 0.15) is 40.4 Å². The molecule has 0 atom stereocenters. The summed E-state index contributed by atoms with van der Waals surface area (Å²) < 4.78 is 1.41. The maximum atomic E-state index is 12.3. The molecule has 0 saturated heterocycles. The number of hydrogen-bond donors (Lipinski definition) is 2. The summed E-state index contributed by atoms with van der Waals surface area (Å²) >= 11 is 5.84. The van der Waals surface area contributed by atoms with Gasteiger partial charge in [0.2, 0.25) is 11.8 Å². The van der Waals surface area contributed by atoms with Crippen LogP contribution in [-0.4, -0.2) is 33.2 Å². The number of nitrogens with zero attached hydrogens (tertiary/aromatic N) is 2. The smallest absolute Gasteiger partial charge is 0.278 e. The van der Waals surface area contributed by atoms with Crippen LogP contribution in [0.2, 0.25) is 5.02 Å². The van der Waals surface area contributed by atoms with Crippen LogP contribution in [-0.2, 0) is 16.1 Å². The molecule has 1 aromatic heterocycles. The molecule has 8 nitrogen and oxygen atoms in total. The Morgan fingerprint density at radius 3 is 2.12 bits per heavy atom. The zero-order chi connectivity index (χ0) is 18.6. The first-order valence-electron chi connectivity index (χ1n) is 7.21. The van der Waals surface area contributed by atoms with Gasteiger partial charge in [0, 0.05) is 25.4 Å². The van der Waals surface area contributed by atoms with Crippen molar-refractivity contribution in [3.05, 3.63) is 52.6 Å². The van der Waals surface area contributed by atoms with Crippen molar-refractivity contribution in [1.29, 1.82) is 0 Å². The average molecular weight is 363 g/mol. The second kappa shape index (κ2) is 7.71. The van der Waals surface area contributed by atoms with Gasteiger partial charge in [-0.15, -0.1) is 0 Å².